The van der Waals surface area contributed by atoms with Crippen LogP contribution in [0.4, 0.5) is 0 Å². The quantitative estimate of drug-likeness (QED) is 0.420. The van der Waals surface area contributed by atoms with Gasteiger partial charge in [-0.2, -0.15) is 0 Å². The van der Waals surface area contributed by atoms with E-state index in [0.29, 0.717) is 11.8 Å². The minimum atomic E-state index is -0.211. The van der Waals surface area contributed by atoms with Crippen LogP contribution in [0.1, 0.15) is 46.1 Å². The van der Waals surface area contributed by atoms with Crippen LogP contribution in [0.25, 0.3) is 11.4 Å². The molecule has 0 N–H and O–H groups in total. The summed E-state index contributed by atoms with van der Waals surface area (Å²) in [6, 6.07) is 8.39. The number of esters is 1. The summed E-state index contributed by atoms with van der Waals surface area (Å²) < 4.78 is 7.08. The van der Waals surface area contributed by atoms with Crippen LogP contribution >= 0.6 is 11.8 Å². The Morgan fingerprint density at radius 1 is 1.20 bits per heavy atom. The van der Waals surface area contributed by atoms with Gasteiger partial charge >= 0.3 is 5.97 Å². The van der Waals surface area contributed by atoms with E-state index >= 15 is 0 Å². The van der Waals surface area contributed by atoms with Crippen molar-refractivity contribution in [2.45, 2.75) is 51.1 Å². The van der Waals surface area contributed by atoms with Crippen LogP contribution in [0.5, 0.6) is 0 Å². The smallest absolute Gasteiger partial charge is 0.316 e. The van der Waals surface area contributed by atoms with E-state index in [4.69, 9.17) is 4.74 Å². The molecule has 0 fully saturated rings. The van der Waals surface area contributed by atoms with E-state index < -0.39 is 0 Å². The number of ether oxygens (including phenoxy) is 1. The Kier molecular flexibility index (Phi) is 6.64. The van der Waals surface area contributed by atoms with Crippen LogP contribution in [0.3, 0.4) is 0 Å². The first-order valence-electron chi connectivity index (χ1n) is 8.61. The molecule has 0 amide bonds. The largest absolute Gasteiger partial charge is 0.465 e. The summed E-state index contributed by atoms with van der Waals surface area (Å²) in [5, 5.41) is 9.18. The van der Waals surface area contributed by atoms with E-state index in [1.807, 2.05) is 11.6 Å². The zero-order chi connectivity index (χ0) is 18.4. The number of nitrogens with zero attached hydrogens (tertiary/aromatic N) is 3. The second-order valence-corrected chi connectivity index (χ2v) is 8.00. The fraction of sp³-hybridized carbons (Fsp3) is 0.526. The molecule has 0 aliphatic rings. The lowest BCUT2D eigenvalue weighted by atomic mass is 9.87. The molecule has 0 radical (unpaired) electrons. The molecule has 0 atom stereocenters. The summed E-state index contributed by atoms with van der Waals surface area (Å²) in [5.74, 6) is 0.832. The van der Waals surface area contributed by atoms with Crippen molar-refractivity contribution >= 4 is 17.7 Å². The minimum absolute atomic E-state index is 0.123. The monoisotopic (exact) mass is 361 g/mol. The Morgan fingerprint density at radius 2 is 1.88 bits per heavy atom. The van der Waals surface area contributed by atoms with Crippen molar-refractivity contribution in [2.24, 2.45) is 7.05 Å². The van der Waals surface area contributed by atoms with Crippen LogP contribution in [0.15, 0.2) is 29.4 Å². The van der Waals surface area contributed by atoms with Gasteiger partial charge in [-0.15, -0.1) is 10.2 Å². The number of carbonyl (C=O) groups is 1. The van der Waals surface area contributed by atoms with Crippen molar-refractivity contribution in [2.75, 3.05) is 12.4 Å². The molecular weight excluding hydrogens is 334 g/mol. The predicted octanol–water partition coefficient (Wildman–Crippen LogP) is 4.22. The molecule has 6 heteroatoms. The van der Waals surface area contributed by atoms with Crippen LogP contribution in [0, 0.1) is 0 Å². The maximum Gasteiger partial charge on any atom is 0.316 e. The maximum absolute atomic E-state index is 11.7. The number of carbonyl (C=O) groups excluding carboxylic acids is 1. The molecular formula is C19H27N3O2S. The third kappa shape index (κ3) is 5.33. The summed E-state index contributed by atoms with van der Waals surface area (Å²) in [4.78, 5) is 11.7. The van der Waals surface area contributed by atoms with Gasteiger partial charge in [-0.3, -0.25) is 4.79 Å². The van der Waals surface area contributed by atoms with Gasteiger partial charge in [-0.25, -0.2) is 0 Å². The Hall–Kier alpha value is -1.82. The van der Waals surface area contributed by atoms with Crippen molar-refractivity contribution in [1.82, 2.24) is 14.8 Å². The summed E-state index contributed by atoms with van der Waals surface area (Å²) in [6.45, 7) is 9.13. The highest BCUT2D eigenvalue weighted by atomic mass is 32.2. The third-order valence-corrected chi connectivity index (χ3v) is 4.92. The van der Waals surface area contributed by atoms with Gasteiger partial charge in [0.05, 0.1) is 12.4 Å². The van der Waals surface area contributed by atoms with E-state index in [2.05, 4.69) is 62.2 Å². The van der Waals surface area contributed by atoms with Gasteiger partial charge in [0.15, 0.2) is 11.0 Å². The highest BCUT2D eigenvalue weighted by Crippen LogP contribution is 2.27. The molecule has 0 aliphatic carbocycles. The van der Waals surface area contributed by atoms with Crippen LogP contribution in [-0.2, 0) is 22.0 Å². The normalized spacial score (nSPS) is 11.6. The van der Waals surface area contributed by atoms with Crippen molar-refractivity contribution in [3.63, 3.8) is 0 Å². The van der Waals surface area contributed by atoms with Gasteiger partial charge in [0.2, 0.25) is 0 Å². The molecule has 25 heavy (non-hydrogen) atoms. The SMILES string of the molecule is CCCCOC(=O)CSc1nnc(-c2ccc(C(C)(C)C)cc2)n1C. The number of hydrogen-bond acceptors (Lipinski definition) is 5. The van der Waals surface area contributed by atoms with Crippen molar-refractivity contribution in [1.29, 1.82) is 0 Å². The average molecular weight is 362 g/mol. The summed E-state index contributed by atoms with van der Waals surface area (Å²) >= 11 is 1.35. The Balaban J connectivity index is 2.02. The predicted molar refractivity (Wildman–Crippen MR) is 102 cm³/mol. The first-order valence-corrected chi connectivity index (χ1v) is 9.60. The second kappa shape index (κ2) is 8.52. The number of rotatable bonds is 7. The molecule has 1 aromatic heterocycles. The van der Waals surface area contributed by atoms with Gasteiger partial charge in [0.25, 0.3) is 0 Å². The molecule has 1 aromatic carbocycles. The third-order valence-electron chi connectivity index (χ3n) is 3.92. The number of thioether (sulfide) groups is 1. The summed E-state index contributed by atoms with van der Waals surface area (Å²) in [5.41, 5.74) is 2.42. The van der Waals surface area contributed by atoms with E-state index in [1.165, 1.54) is 17.3 Å². The number of benzene rings is 1. The Morgan fingerprint density at radius 3 is 2.48 bits per heavy atom. The lowest BCUT2D eigenvalue weighted by molar-refractivity contribution is -0.140. The second-order valence-electron chi connectivity index (χ2n) is 7.06. The Bertz CT molecular complexity index is 702. The van der Waals surface area contributed by atoms with Gasteiger partial charge in [0.1, 0.15) is 0 Å². The molecule has 0 bridgehead atoms. The van der Waals surface area contributed by atoms with E-state index in [1.54, 1.807) is 0 Å². The highest BCUT2D eigenvalue weighted by Gasteiger charge is 2.16. The van der Waals surface area contributed by atoms with Crippen LogP contribution in [0.2, 0.25) is 0 Å². The molecule has 0 saturated carbocycles. The molecule has 1 heterocycles. The molecule has 5 nitrogen and oxygen atoms in total. The molecule has 0 saturated heterocycles. The van der Waals surface area contributed by atoms with Crippen LogP contribution < -0.4 is 0 Å². The van der Waals surface area contributed by atoms with Gasteiger partial charge < -0.3 is 9.30 Å². The highest BCUT2D eigenvalue weighted by molar-refractivity contribution is 7.99. The van der Waals surface area contributed by atoms with Crippen molar-refractivity contribution in [3.05, 3.63) is 29.8 Å². The van der Waals surface area contributed by atoms with Gasteiger partial charge in [0, 0.05) is 12.6 Å². The van der Waals surface area contributed by atoms with Gasteiger partial charge in [-0.1, -0.05) is 70.1 Å². The number of hydrogen-bond donors (Lipinski definition) is 0. The standard InChI is InChI=1S/C19H27N3O2S/c1-6-7-12-24-16(23)13-25-18-21-20-17(22(18)5)14-8-10-15(11-9-14)19(2,3)4/h8-11H,6-7,12-13H2,1-5H3. The molecule has 2 aromatic rings. The molecule has 136 valence electrons. The molecule has 0 aliphatic heterocycles. The zero-order valence-corrected chi connectivity index (χ0v) is 16.5. The van der Waals surface area contributed by atoms with Crippen molar-refractivity contribution < 1.29 is 9.53 Å². The average Bonchev–Trinajstić information content (AvgIpc) is 2.93. The summed E-state index contributed by atoms with van der Waals surface area (Å²) in [6.07, 6.45) is 1.91. The maximum atomic E-state index is 11.7. The first kappa shape index (κ1) is 19.5. The summed E-state index contributed by atoms with van der Waals surface area (Å²) in [7, 11) is 1.91. The topological polar surface area (TPSA) is 57.0 Å². The number of aromatic nitrogens is 3. The Labute approximate surface area is 154 Å². The van der Waals surface area contributed by atoms with Crippen molar-refractivity contribution in [3.8, 4) is 11.4 Å². The fourth-order valence-corrected chi connectivity index (χ4v) is 3.02. The first-order chi connectivity index (χ1) is 11.8. The van der Waals surface area contributed by atoms with E-state index in [0.717, 1.165) is 24.2 Å². The lowest BCUT2D eigenvalue weighted by Crippen LogP contribution is -2.10. The molecule has 0 unspecified atom stereocenters. The lowest BCUT2D eigenvalue weighted by Gasteiger charge is -2.19. The van der Waals surface area contributed by atoms with E-state index in [-0.39, 0.29) is 17.1 Å². The number of unbranched alkanes of at least 4 members (excludes halogenated alkanes) is 1. The van der Waals surface area contributed by atoms with Gasteiger partial charge in [-0.05, 0) is 17.4 Å². The molecule has 2 rings (SSSR count). The van der Waals surface area contributed by atoms with Crippen LogP contribution in [-0.4, -0.2) is 33.1 Å². The fourth-order valence-electron chi connectivity index (χ4n) is 2.31. The van der Waals surface area contributed by atoms with E-state index in [9.17, 15) is 4.79 Å². The molecule has 0 spiro atoms. The zero-order valence-electron chi connectivity index (χ0n) is 15.7. The minimum Gasteiger partial charge on any atom is -0.465 e.